The molecule has 4 nitrogen and oxygen atoms in total. The number of nitrogens with one attached hydrogen (secondary N) is 1. The second kappa shape index (κ2) is 4.00. The molecule has 0 aromatic rings. The van der Waals surface area contributed by atoms with Gasteiger partial charge in [0.25, 0.3) is 0 Å². The van der Waals surface area contributed by atoms with Gasteiger partial charge in [-0.05, 0) is 37.5 Å². The van der Waals surface area contributed by atoms with Crippen molar-refractivity contribution in [1.82, 2.24) is 5.32 Å². The van der Waals surface area contributed by atoms with Gasteiger partial charge in [0, 0.05) is 12.0 Å². The van der Waals surface area contributed by atoms with Gasteiger partial charge in [0.15, 0.2) is 0 Å². The molecule has 0 bridgehead atoms. The highest BCUT2D eigenvalue weighted by Crippen LogP contribution is 2.55. The van der Waals surface area contributed by atoms with Crippen LogP contribution in [0.2, 0.25) is 0 Å². The fraction of sp³-hybridized carbons (Fsp3) is 0.846. The largest absolute Gasteiger partial charge is 0.481 e. The molecule has 94 valence electrons. The minimum absolute atomic E-state index is 0.117. The van der Waals surface area contributed by atoms with Crippen LogP contribution in [0.15, 0.2) is 0 Å². The lowest BCUT2D eigenvalue weighted by Gasteiger charge is -2.32. The third-order valence-corrected chi connectivity index (χ3v) is 4.79. The van der Waals surface area contributed by atoms with Crippen molar-refractivity contribution < 1.29 is 14.7 Å². The predicted molar refractivity (Wildman–Crippen MR) is 61.2 cm³/mol. The van der Waals surface area contributed by atoms with Gasteiger partial charge in [0.2, 0.25) is 5.91 Å². The van der Waals surface area contributed by atoms with E-state index in [0.29, 0.717) is 24.7 Å². The molecule has 3 fully saturated rings. The first-order valence-electron chi connectivity index (χ1n) is 6.70. The molecule has 4 heteroatoms. The Balaban J connectivity index is 1.45. The fourth-order valence-electron chi connectivity index (χ4n) is 3.62. The van der Waals surface area contributed by atoms with Crippen molar-refractivity contribution in [2.24, 2.45) is 23.7 Å². The van der Waals surface area contributed by atoms with E-state index >= 15 is 0 Å². The molecule has 3 rings (SSSR count). The number of carbonyl (C=O) groups is 2. The molecular weight excluding hydrogens is 218 g/mol. The van der Waals surface area contributed by atoms with Crippen LogP contribution in [0.1, 0.15) is 38.5 Å². The molecule has 2 N–H and O–H groups in total. The Kier molecular flexibility index (Phi) is 2.60. The van der Waals surface area contributed by atoms with Gasteiger partial charge in [-0.2, -0.15) is 0 Å². The third-order valence-electron chi connectivity index (χ3n) is 4.79. The van der Waals surface area contributed by atoms with E-state index in [9.17, 15) is 9.59 Å². The number of carboxylic acid groups (broad SMARTS) is 1. The van der Waals surface area contributed by atoms with Crippen molar-refractivity contribution >= 4 is 11.9 Å². The summed E-state index contributed by atoms with van der Waals surface area (Å²) in [6.45, 7) is 0. The van der Waals surface area contributed by atoms with Crippen molar-refractivity contribution in [3.8, 4) is 0 Å². The maximum Gasteiger partial charge on any atom is 0.306 e. The number of fused-ring (bicyclic) bond motifs is 1. The van der Waals surface area contributed by atoms with Crippen LogP contribution < -0.4 is 5.32 Å². The maximum atomic E-state index is 12.0. The van der Waals surface area contributed by atoms with Crippen molar-refractivity contribution in [2.75, 3.05) is 0 Å². The number of carboxylic acids is 1. The SMILES string of the molecule is O=C(O)C1CC(NC(=O)C2[C@H]3CCCC[C@H]23)C1. The Morgan fingerprint density at radius 2 is 1.65 bits per heavy atom. The molecule has 0 aromatic heterocycles. The summed E-state index contributed by atoms with van der Waals surface area (Å²) in [5, 5.41) is 11.8. The van der Waals surface area contributed by atoms with Gasteiger partial charge in [0.05, 0.1) is 5.92 Å². The smallest absolute Gasteiger partial charge is 0.306 e. The van der Waals surface area contributed by atoms with Gasteiger partial charge in [-0.15, -0.1) is 0 Å². The van der Waals surface area contributed by atoms with Gasteiger partial charge in [-0.1, -0.05) is 12.8 Å². The first-order valence-corrected chi connectivity index (χ1v) is 6.70. The first kappa shape index (κ1) is 11.1. The average Bonchev–Trinajstić information content (AvgIpc) is 2.96. The van der Waals surface area contributed by atoms with Crippen LogP contribution >= 0.6 is 0 Å². The molecule has 1 amide bonds. The summed E-state index contributed by atoms with van der Waals surface area (Å²) in [5.74, 6) is 0.757. The molecule has 0 heterocycles. The van der Waals surface area contributed by atoms with Gasteiger partial charge < -0.3 is 10.4 Å². The molecule has 0 unspecified atom stereocenters. The Morgan fingerprint density at radius 3 is 2.18 bits per heavy atom. The number of hydrogen-bond donors (Lipinski definition) is 2. The summed E-state index contributed by atoms with van der Waals surface area (Å²) in [6.07, 6.45) is 6.20. The highest BCUT2D eigenvalue weighted by Gasteiger charge is 2.55. The van der Waals surface area contributed by atoms with Crippen molar-refractivity contribution in [1.29, 1.82) is 0 Å². The molecule has 0 aromatic carbocycles. The Bertz CT molecular complexity index is 337. The molecule has 0 spiro atoms. The second-order valence-electron chi connectivity index (χ2n) is 5.85. The number of hydrogen-bond acceptors (Lipinski definition) is 2. The number of carbonyl (C=O) groups excluding carboxylic acids is 1. The number of amides is 1. The van der Waals surface area contributed by atoms with Crippen LogP contribution in [-0.4, -0.2) is 23.0 Å². The van der Waals surface area contributed by atoms with E-state index in [-0.39, 0.29) is 23.8 Å². The van der Waals surface area contributed by atoms with E-state index in [0.717, 1.165) is 0 Å². The standard InChI is InChI=1S/C13H19NO3/c15-12(11-9-3-1-2-4-10(9)11)14-8-5-7(6-8)13(16)17/h7-11H,1-6H2,(H,14,15)(H,16,17)/t7?,8?,9-,10-/m0/s1. The van der Waals surface area contributed by atoms with E-state index in [4.69, 9.17) is 5.11 Å². The third kappa shape index (κ3) is 1.94. The van der Waals surface area contributed by atoms with Crippen molar-refractivity contribution in [3.63, 3.8) is 0 Å². The van der Waals surface area contributed by atoms with Crippen LogP contribution in [0.4, 0.5) is 0 Å². The monoisotopic (exact) mass is 237 g/mol. The molecule has 17 heavy (non-hydrogen) atoms. The summed E-state index contributed by atoms with van der Waals surface area (Å²) >= 11 is 0. The van der Waals surface area contributed by atoms with Crippen LogP contribution in [0.5, 0.6) is 0 Å². The highest BCUT2D eigenvalue weighted by molar-refractivity contribution is 5.83. The minimum atomic E-state index is -0.726. The molecule has 3 aliphatic rings. The topological polar surface area (TPSA) is 66.4 Å². The minimum Gasteiger partial charge on any atom is -0.481 e. The zero-order chi connectivity index (χ0) is 12.0. The molecule has 0 radical (unpaired) electrons. The van der Waals surface area contributed by atoms with Gasteiger partial charge >= 0.3 is 5.97 Å². The van der Waals surface area contributed by atoms with E-state index in [1.165, 1.54) is 25.7 Å². The average molecular weight is 237 g/mol. The van der Waals surface area contributed by atoms with Crippen LogP contribution in [-0.2, 0) is 9.59 Å². The normalized spacial score (nSPS) is 43.2. The molecule has 3 saturated carbocycles. The lowest BCUT2D eigenvalue weighted by Crippen LogP contribution is -2.47. The first-order chi connectivity index (χ1) is 8.16. The Labute approximate surface area is 101 Å². The summed E-state index contributed by atoms with van der Waals surface area (Å²) in [5.41, 5.74) is 0. The number of aliphatic carboxylic acids is 1. The molecule has 3 aliphatic carbocycles. The van der Waals surface area contributed by atoms with Gasteiger partial charge in [0.1, 0.15) is 0 Å². The fourth-order valence-corrected chi connectivity index (χ4v) is 3.62. The zero-order valence-corrected chi connectivity index (χ0v) is 9.89. The lowest BCUT2D eigenvalue weighted by molar-refractivity contribution is -0.146. The van der Waals surface area contributed by atoms with Crippen molar-refractivity contribution in [3.05, 3.63) is 0 Å². The Hall–Kier alpha value is -1.06. The Morgan fingerprint density at radius 1 is 1.06 bits per heavy atom. The predicted octanol–water partition coefficient (Wildman–Crippen LogP) is 1.40. The van der Waals surface area contributed by atoms with Gasteiger partial charge in [-0.25, -0.2) is 0 Å². The molecule has 0 saturated heterocycles. The van der Waals surface area contributed by atoms with Gasteiger partial charge in [-0.3, -0.25) is 9.59 Å². The lowest BCUT2D eigenvalue weighted by atomic mass is 9.80. The van der Waals surface area contributed by atoms with E-state index in [2.05, 4.69) is 5.32 Å². The zero-order valence-electron chi connectivity index (χ0n) is 9.89. The van der Waals surface area contributed by atoms with E-state index < -0.39 is 5.97 Å². The van der Waals surface area contributed by atoms with Crippen LogP contribution in [0.25, 0.3) is 0 Å². The summed E-state index contributed by atoms with van der Waals surface area (Å²) in [6, 6.07) is 0.117. The quantitative estimate of drug-likeness (QED) is 0.779. The van der Waals surface area contributed by atoms with Crippen LogP contribution in [0.3, 0.4) is 0 Å². The van der Waals surface area contributed by atoms with E-state index in [1.807, 2.05) is 0 Å². The summed E-state index contributed by atoms with van der Waals surface area (Å²) < 4.78 is 0. The number of rotatable bonds is 3. The second-order valence-corrected chi connectivity index (χ2v) is 5.85. The molecule has 0 aliphatic heterocycles. The summed E-state index contributed by atoms with van der Waals surface area (Å²) in [4.78, 5) is 22.6. The molecular formula is C13H19NO3. The highest BCUT2D eigenvalue weighted by atomic mass is 16.4. The molecule has 2 atom stereocenters. The van der Waals surface area contributed by atoms with E-state index in [1.54, 1.807) is 0 Å². The maximum absolute atomic E-state index is 12.0. The van der Waals surface area contributed by atoms with Crippen LogP contribution in [0, 0.1) is 23.7 Å². The van der Waals surface area contributed by atoms with Crippen molar-refractivity contribution in [2.45, 2.75) is 44.6 Å². The summed E-state index contributed by atoms with van der Waals surface area (Å²) in [7, 11) is 0.